The van der Waals surface area contributed by atoms with Gasteiger partial charge in [0.25, 0.3) is 6.04 Å². The van der Waals surface area contributed by atoms with Crippen molar-refractivity contribution >= 4 is 33.2 Å². The van der Waals surface area contributed by atoms with E-state index in [1.54, 1.807) is 12.3 Å². The average Bonchev–Trinajstić information content (AvgIpc) is 3.15. The molecule has 1 aromatic carbocycles. The van der Waals surface area contributed by atoms with Crippen LogP contribution in [0.25, 0.3) is 4.85 Å². The third kappa shape index (κ3) is 2.89. The van der Waals surface area contributed by atoms with Gasteiger partial charge in [-0.25, -0.2) is 11.6 Å². The molecule has 1 saturated carbocycles. The predicted octanol–water partition coefficient (Wildman–Crippen LogP) is 4.31. The first-order valence-corrected chi connectivity index (χ1v) is 9.64. The summed E-state index contributed by atoms with van der Waals surface area (Å²) in [6, 6.07) is 7.05. The topological polar surface area (TPSA) is 86.3 Å². The molecule has 1 aliphatic carbocycles. The number of hydrogen-bond acceptors (Lipinski definition) is 4. The van der Waals surface area contributed by atoms with E-state index in [1.807, 2.05) is 12.1 Å². The van der Waals surface area contributed by atoms with Gasteiger partial charge in [-0.1, -0.05) is 18.6 Å². The standard InChI is InChI=1S/C20H16BrN5O/c1-23-19-16(13-7-4-5-11(9-22)17(13)21)14-10-24-26-20(14)25-18(19)12-6-2-3-8-15(12)27/h4-5,7,10,12,16,19H,2-3,6,8H2,(H,24,26). The molecule has 0 saturated heterocycles. The molecule has 0 radical (unpaired) electrons. The Labute approximate surface area is 165 Å². The second-order valence-electron chi connectivity index (χ2n) is 6.85. The Morgan fingerprint density at radius 3 is 2.93 bits per heavy atom. The fraction of sp³-hybridized carbons (Fsp3) is 0.350. The largest absolute Gasteiger partial charge is 0.306 e. The van der Waals surface area contributed by atoms with Crippen LogP contribution in [0, 0.1) is 23.8 Å². The lowest BCUT2D eigenvalue weighted by atomic mass is 9.74. The van der Waals surface area contributed by atoms with Crippen LogP contribution in [0.3, 0.4) is 0 Å². The number of rotatable bonds is 2. The fourth-order valence-corrected chi connectivity index (χ4v) is 4.68. The van der Waals surface area contributed by atoms with Gasteiger partial charge in [0.2, 0.25) is 0 Å². The van der Waals surface area contributed by atoms with Crippen LogP contribution < -0.4 is 0 Å². The van der Waals surface area contributed by atoms with Crippen molar-refractivity contribution in [1.29, 1.82) is 5.26 Å². The summed E-state index contributed by atoms with van der Waals surface area (Å²) in [5, 5.41) is 16.4. The van der Waals surface area contributed by atoms with E-state index in [2.05, 4.69) is 42.0 Å². The number of aromatic amines is 1. The molecule has 4 rings (SSSR count). The van der Waals surface area contributed by atoms with Crippen LogP contribution in [0.15, 0.2) is 33.9 Å². The third-order valence-electron chi connectivity index (χ3n) is 5.38. The fourth-order valence-electron chi connectivity index (χ4n) is 4.08. The van der Waals surface area contributed by atoms with Crippen molar-refractivity contribution in [3.8, 4) is 6.07 Å². The van der Waals surface area contributed by atoms with Crippen LogP contribution in [-0.2, 0) is 4.79 Å². The minimum Gasteiger partial charge on any atom is -0.306 e. The van der Waals surface area contributed by atoms with Crippen molar-refractivity contribution in [2.24, 2.45) is 10.9 Å². The molecule has 0 bridgehead atoms. The van der Waals surface area contributed by atoms with Crippen LogP contribution in [0.1, 0.15) is 48.3 Å². The van der Waals surface area contributed by atoms with Crippen LogP contribution in [0.2, 0.25) is 0 Å². The van der Waals surface area contributed by atoms with E-state index in [9.17, 15) is 10.1 Å². The Balaban J connectivity index is 1.88. The molecule has 1 aliphatic heterocycles. The predicted molar refractivity (Wildman–Crippen MR) is 104 cm³/mol. The first-order chi connectivity index (χ1) is 13.2. The van der Waals surface area contributed by atoms with Gasteiger partial charge >= 0.3 is 0 Å². The van der Waals surface area contributed by atoms with Crippen molar-refractivity contribution in [2.45, 2.75) is 37.6 Å². The van der Waals surface area contributed by atoms with Gasteiger partial charge in [-0.05, 0) is 40.4 Å². The molecule has 27 heavy (non-hydrogen) atoms. The Morgan fingerprint density at radius 2 is 2.19 bits per heavy atom. The smallest absolute Gasteiger partial charge is 0.273 e. The normalized spacial score (nSPS) is 24.5. The molecule has 3 unspecified atom stereocenters. The Kier molecular flexibility index (Phi) is 4.63. The van der Waals surface area contributed by atoms with Crippen molar-refractivity contribution in [3.05, 3.63) is 57.0 Å². The number of carbonyl (C=O) groups excluding carboxylic acids is 1. The summed E-state index contributed by atoms with van der Waals surface area (Å²) in [6.45, 7) is 7.88. The maximum atomic E-state index is 12.6. The molecule has 7 heteroatoms. The number of aliphatic imine (C=N–C) groups is 1. The van der Waals surface area contributed by atoms with Gasteiger partial charge in [0.05, 0.1) is 23.6 Å². The van der Waals surface area contributed by atoms with Crippen LogP contribution in [-0.4, -0.2) is 27.7 Å². The van der Waals surface area contributed by atoms with E-state index in [1.165, 1.54) is 0 Å². The molecule has 1 aromatic heterocycles. The van der Waals surface area contributed by atoms with Gasteiger partial charge in [-0.15, -0.1) is 0 Å². The van der Waals surface area contributed by atoms with Gasteiger partial charge in [-0.2, -0.15) is 10.4 Å². The number of hydrogen-bond donors (Lipinski definition) is 1. The van der Waals surface area contributed by atoms with Crippen LogP contribution in [0.4, 0.5) is 5.82 Å². The summed E-state index contributed by atoms with van der Waals surface area (Å²) >= 11 is 3.54. The van der Waals surface area contributed by atoms with Crippen LogP contribution >= 0.6 is 15.9 Å². The molecule has 0 amide bonds. The first-order valence-electron chi connectivity index (χ1n) is 8.85. The van der Waals surface area contributed by atoms with Gasteiger partial charge < -0.3 is 4.85 Å². The molecular weight excluding hydrogens is 406 g/mol. The molecule has 1 fully saturated rings. The maximum Gasteiger partial charge on any atom is 0.273 e. The van der Waals surface area contributed by atoms with Gasteiger partial charge in [0, 0.05) is 16.5 Å². The number of fused-ring (bicyclic) bond motifs is 1. The number of ketones is 1. The van der Waals surface area contributed by atoms with E-state index < -0.39 is 6.04 Å². The number of H-pyrrole nitrogens is 1. The number of aromatic nitrogens is 2. The highest BCUT2D eigenvalue weighted by atomic mass is 79.9. The van der Waals surface area contributed by atoms with Crippen molar-refractivity contribution < 1.29 is 4.79 Å². The van der Waals surface area contributed by atoms with E-state index in [0.717, 1.165) is 30.4 Å². The zero-order valence-corrected chi connectivity index (χ0v) is 16.0. The second-order valence-corrected chi connectivity index (χ2v) is 7.64. The van der Waals surface area contributed by atoms with Gasteiger partial charge in [-0.3, -0.25) is 9.89 Å². The summed E-state index contributed by atoms with van der Waals surface area (Å²) < 4.78 is 0.675. The number of halogens is 1. The van der Waals surface area contributed by atoms with E-state index in [-0.39, 0.29) is 17.6 Å². The molecule has 0 spiro atoms. The molecule has 3 atom stereocenters. The highest BCUT2D eigenvalue weighted by Crippen LogP contribution is 2.44. The monoisotopic (exact) mass is 421 g/mol. The molecule has 6 nitrogen and oxygen atoms in total. The van der Waals surface area contributed by atoms with E-state index in [4.69, 9.17) is 6.57 Å². The van der Waals surface area contributed by atoms with Crippen LogP contribution in [0.5, 0.6) is 0 Å². The van der Waals surface area contributed by atoms with E-state index in [0.29, 0.717) is 28.0 Å². The molecule has 134 valence electrons. The first kappa shape index (κ1) is 17.6. The minimum atomic E-state index is -0.590. The Hall–Kier alpha value is -2.77. The average molecular weight is 422 g/mol. The van der Waals surface area contributed by atoms with Gasteiger partial charge in [0.15, 0.2) is 5.82 Å². The number of nitrogens with zero attached hydrogens (tertiary/aromatic N) is 4. The van der Waals surface area contributed by atoms with Crippen molar-refractivity contribution in [1.82, 2.24) is 10.2 Å². The molecule has 1 N–H and O–H groups in total. The maximum absolute atomic E-state index is 12.6. The third-order valence-corrected chi connectivity index (χ3v) is 6.26. The Bertz CT molecular complexity index is 1030. The quantitative estimate of drug-likeness (QED) is 0.732. The lowest BCUT2D eigenvalue weighted by Crippen LogP contribution is -2.39. The molecule has 2 aliphatic rings. The summed E-state index contributed by atoms with van der Waals surface area (Å²) in [5.74, 6) is 0.124. The Morgan fingerprint density at radius 1 is 1.33 bits per heavy atom. The summed E-state index contributed by atoms with van der Waals surface area (Å²) in [4.78, 5) is 21.1. The number of nitriles is 1. The lowest BCUT2D eigenvalue weighted by Gasteiger charge is -2.29. The van der Waals surface area contributed by atoms with Crippen molar-refractivity contribution in [2.75, 3.05) is 0 Å². The second kappa shape index (κ2) is 7.09. The highest BCUT2D eigenvalue weighted by molar-refractivity contribution is 9.10. The minimum absolute atomic E-state index is 0.167. The highest BCUT2D eigenvalue weighted by Gasteiger charge is 2.46. The van der Waals surface area contributed by atoms with Crippen molar-refractivity contribution in [3.63, 3.8) is 0 Å². The van der Waals surface area contributed by atoms with E-state index >= 15 is 0 Å². The lowest BCUT2D eigenvalue weighted by molar-refractivity contribution is -0.122. The zero-order chi connectivity index (χ0) is 19.0. The summed E-state index contributed by atoms with van der Waals surface area (Å²) in [7, 11) is 0. The summed E-state index contributed by atoms with van der Waals surface area (Å²) in [5.41, 5.74) is 2.80. The number of carbonyl (C=O) groups is 1. The van der Waals surface area contributed by atoms with Gasteiger partial charge in [0.1, 0.15) is 17.6 Å². The SMILES string of the molecule is [C-]#[N+]C1C(C2CCCCC2=O)=Nc2[nH]ncc2C1c1cccc(C#N)c1Br. The molecular formula is C20H16BrN5O. The zero-order valence-electron chi connectivity index (χ0n) is 14.4. The number of nitrogens with one attached hydrogen (secondary N) is 1. The summed E-state index contributed by atoms with van der Waals surface area (Å²) in [6.07, 6.45) is 4.84. The molecule has 2 aromatic rings. The molecule has 2 heterocycles. The number of benzene rings is 1. The number of Topliss-reactive ketones (excluding diaryl/α,β-unsaturated/α-hetero) is 1.